The first-order valence-corrected chi connectivity index (χ1v) is 8.37. The van der Waals surface area contributed by atoms with Crippen molar-refractivity contribution in [3.05, 3.63) is 47.0 Å². The van der Waals surface area contributed by atoms with E-state index >= 15 is 0 Å². The number of thiazole rings is 1. The van der Waals surface area contributed by atoms with Crippen molar-refractivity contribution in [3.8, 4) is 0 Å². The van der Waals surface area contributed by atoms with E-state index in [9.17, 15) is 27.9 Å². The molecule has 1 unspecified atom stereocenters. The number of aliphatic hydroxyl groups is 1. The van der Waals surface area contributed by atoms with E-state index in [4.69, 9.17) is 0 Å². The molecule has 0 spiro atoms. The molecule has 0 saturated carbocycles. The van der Waals surface area contributed by atoms with E-state index in [0.29, 0.717) is 0 Å². The Kier molecular flexibility index (Phi) is 5.98. The van der Waals surface area contributed by atoms with Gasteiger partial charge in [0.2, 0.25) is 5.91 Å². The predicted molar refractivity (Wildman–Crippen MR) is 89.8 cm³/mol. The second-order valence-corrected chi connectivity index (χ2v) is 6.31. The van der Waals surface area contributed by atoms with E-state index in [-0.39, 0.29) is 22.3 Å². The van der Waals surface area contributed by atoms with Crippen LogP contribution in [0.4, 0.5) is 18.3 Å². The predicted octanol–water partition coefficient (Wildman–Crippen LogP) is 2.67. The summed E-state index contributed by atoms with van der Waals surface area (Å²) in [7, 11) is 0. The molecule has 140 valence electrons. The summed E-state index contributed by atoms with van der Waals surface area (Å²) in [6, 6.07) is 6.68. The molecule has 10 heteroatoms. The first-order valence-electron chi connectivity index (χ1n) is 7.49. The number of nitrogens with one attached hydrogen (secondary N) is 2. The normalized spacial score (nSPS) is 13.7. The third-order valence-electron chi connectivity index (χ3n) is 3.51. The smallest absolute Gasteiger partial charge is 0.376 e. The second-order valence-electron chi connectivity index (χ2n) is 5.45. The lowest BCUT2D eigenvalue weighted by molar-refractivity contribution is -0.268. The molecule has 0 aliphatic carbocycles. The van der Waals surface area contributed by atoms with E-state index in [1.165, 1.54) is 42.6 Å². The summed E-state index contributed by atoms with van der Waals surface area (Å²) in [6.07, 6.45) is -5.66. The summed E-state index contributed by atoms with van der Waals surface area (Å²) < 4.78 is 40.0. The fraction of sp³-hybridized carbons (Fsp3) is 0.312. The lowest BCUT2D eigenvalue weighted by Gasteiger charge is -2.31. The molecule has 1 heterocycles. The lowest BCUT2D eigenvalue weighted by Crippen LogP contribution is -2.45. The maximum atomic E-state index is 13.3. The topological polar surface area (TPSA) is 91.3 Å². The van der Waals surface area contributed by atoms with Crippen molar-refractivity contribution in [2.75, 3.05) is 11.9 Å². The van der Waals surface area contributed by atoms with Crippen molar-refractivity contribution in [1.82, 2.24) is 10.3 Å². The molecular formula is C16H16F3N3O3S. The lowest BCUT2D eigenvalue weighted by atomic mass is 9.89. The Morgan fingerprint density at radius 1 is 1.23 bits per heavy atom. The number of rotatable bonds is 6. The number of nitrogens with zero attached hydrogens (tertiary/aromatic N) is 1. The summed E-state index contributed by atoms with van der Waals surface area (Å²) in [6.45, 7) is 0.861. The maximum Gasteiger partial charge on any atom is 0.421 e. The van der Waals surface area contributed by atoms with Gasteiger partial charge < -0.3 is 15.7 Å². The van der Waals surface area contributed by atoms with Crippen molar-refractivity contribution in [2.45, 2.75) is 25.1 Å². The number of hydrogen-bond donors (Lipinski definition) is 3. The van der Waals surface area contributed by atoms with Gasteiger partial charge in [0.15, 0.2) is 10.7 Å². The molecule has 1 aromatic heterocycles. The molecule has 0 aliphatic heterocycles. The van der Waals surface area contributed by atoms with E-state index in [0.717, 1.165) is 11.3 Å². The molecule has 0 radical (unpaired) electrons. The minimum Gasteiger partial charge on any atom is -0.376 e. The van der Waals surface area contributed by atoms with Gasteiger partial charge in [-0.3, -0.25) is 9.59 Å². The summed E-state index contributed by atoms with van der Waals surface area (Å²) in [4.78, 5) is 26.8. The van der Waals surface area contributed by atoms with Crippen molar-refractivity contribution in [1.29, 1.82) is 0 Å². The molecule has 0 fully saturated rings. The molecule has 2 rings (SSSR count). The van der Waals surface area contributed by atoms with Crippen LogP contribution in [0.2, 0.25) is 0 Å². The summed E-state index contributed by atoms with van der Waals surface area (Å²) in [5.74, 6) is -1.06. The number of aromatic nitrogens is 1. The molecule has 0 aliphatic rings. The highest BCUT2D eigenvalue weighted by atomic mass is 32.1. The van der Waals surface area contributed by atoms with Crippen LogP contribution in [0.25, 0.3) is 0 Å². The second kappa shape index (κ2) is 7.83. The number of benzene rings is 1. The summed E-state index contributed by atoms with van der Waals surface area (Å²) >= 11 is 1.01. The van der Waals surface area contributed by atoms with Gasteiger partial charge in [0.05, 0.1) is 0 Å². The molecule has 26 heavy (non-hydrogen) atoms. The van der Waals surface area contributed by atoms with E-state index in [2.05, 4.69) is 15.6 Å². The van der Waals surface area contributed by atoms with Gasteiger partial charge in [-0.25, -0.2) is 4.98 Å². The minimum atomic E-state index is -4.90. The Morgan fingerprint density at radius 3 is 2.46 bits per heavy atom. The summed E-state index contributed by atoms with van der Waals surface area (Å²) in [5, 5.41) is 16.4. The van der Waals surface area contributed by atoms with Crippen molar-refractivity contribution < 1.29 is 27.9 Å². The Bertz CT molecular complexity index is 780. The maximum absolute atomic E-state index is 13.3. The van der Waals surface area contributed by atoms with Gasteiger partial charge in [-0.1, -0.05) is 30.3 Å². The molecule has 3 N–H and O–H groups in total. The van der Waals surface area contributed by atoms with Gasteiger partial charge in [-0.05, 0) is 5.56 Å². The number of anilines is 1. The van der Waals surface area contributed by atoms with Crippen LogP contribution < -0.4 is 10.6 Å². The average Bonchev–Trinajstić information content (AvgIpc) is 3.02. The van der Waals surface area contributed by atoms with E-state index in [1.807, 2.05) is 0 Å². The standard InChI is InChI=1S/C16H16F3N3O3S/c1-10(23)21-14-22-12(9-26-14)13(24)20-8-7-15(25,16(17,18)19)11-5-3-2-4-6-11/h2-6,9,25H,7-8H2,1H3,(H,20,24)(H,21,22,23). The molecular weight excluding hydrogens is 371 g/mol. The third kappa shape index (κ3) is 4.58. The highest BCUT2D eigenvalue weighted by Crippen LogP contribution is 2.41. The highest BCUT2D eigenvalue weighted by Gasteiger charge is 2.54. The van der Waals surface area contributed by atoms with Crippen LogP contribution >= 0.6 is 11.3 Å². The number of amides is 2. The Hall–Kier alpha value is -2.46. The largest absolute Gasteiger partial charge is 0.421 e. The molecule has 2 aromatic rings. The molecule has 6 nitrogen and oxygen atoms in total. The molecule has 0 bridgehead atoms. The average molecular weight is 387 g/mol. The zero-order valence-corrected chi connectivity index (χ0v) is 14.4. The quantitative estimate of drug-likeness (QED) is 0.711. The first-order chi connectivity index (χ1) is 12.1. The van der Waals surface area contributed by atoms with E-state index < -0.39 is 30.7 Å². The van der Waals surface area contributed by atoms with E-state index in [1.54, 1.807) is 0 Å². The van der Waals surface area contributed by atoms with Crippen LogP contribution in [0.1, 0.15) is 29.4 Å². The van der Waals surface area contributed by atoms with Crippen molar-refractivity contribution >= 4 is 28.3 Å². The first kappa shape index (κ1) is 19.9. The summed E-state index contributed by atoms with van der Waals surface area (Å²) in [5.41, 5.74) is -3.41. The van der Waals surface area contributed by atoms with Crippen LogP contribution in [-0.4, -0.2) is 34.6 Å². The fourth-order valence-corrected chi connectivity index (χ4v) is 2.93. The number of alkyl halides is 3. The minimum absolute atomic E-state index is 0.0333. The Balaban J connectivity index is 2.03. The van der Waals surface area contributed by atoms with Gasteiger partial charge >= 0.3 is 6.18 Å². The van der Waals surface area contributed by atoms with Crippen molar-refractivity contribution in [2.24, 2.45) is 0 Å². The number of carbonyl (C=O) groups excluding carboxylic acids is 2. The van der Waals surface area contributed by atoms with Crippen LogP contribution in [0, 0.1) is 0 Å². The third-order valence-corrected chi connectivity index (χ3v) is 4.27. The SMILES string of the molecule is CC(=O)Nc1nc(C(=O)NCCC(O)(c2ccccc2)C(F)(F)F)cs1. The zero-order valence-electron chi connectivity index (χ0n) is 13.6. The molecule has 0 saturated heterocycles. The number of carbonyl (C=O) groups is 2. The zero-order chi connectivity index (χ0) is 19.4. The molecule has 1 atom stereocenters. The monoisotopic (exact) mass is 387 g/mol. The van der Waals surface area contributed by atoms with Gasteiger partial charge in [0.1, 0.15) is 5.69 Å². The van der Waals surface area contributed by atoms with Crippen molar-refractivity contribution in [3.63, 3.8) is 0 Å². The van der Waals surface area contributed by atoms with Gasteiger partial charge in [-0.15, -0.1) is 11.3 Å². The highest BCUT2D eigenvalue weighted by molar-refractivity contribution is 7.14. The van der Waals surface area contributed by atoms with Gasteiger partial charge in [0.25, 0.3) is 5.91 Å². The van der Waals surface area contributed by atoms with Gasteiger partial charge in [0, 0.05) is 25.3 Å². The number of hydrogen-bond acceptors (Lipinski definition) is 5. The van der Waals surface area contributed by atoms with Crippen LogP contribution in [0.5, 0.6) is 0 Å². The van der Waals surface area contributed by atoms with Crippen LogP contribution in [0.3, 0.4) is 0 Å². The Labute approximate surface area is 151 Å². The Morgan fingerprint density at radius 2 is 1.88 bits per heavy atom. The number of halogens is 3. The van der Waals surface area contributed by atoms with Gasteiger partial charge in [-0.2, -0.15) is 13.2 Å². The molecule has 1 aromatic carbocycles. The van der Waals surface area contributed by atoms with Crippen LogP contribution in [0.15, 0.2) is 35.7 Å². The van der Waals surface area contributed by atoms with Crippen LogP contribution in [-0.2, 0) is 10.4 Å². The fourth-order valence-electron chi connectivity index (χ4n) is 2.20. The molecule has 2 amide bonds.